The molecule has 0 atom stereocenters. The molecule has 0 saturated carbocycles. The molecule has 3 nitrogen and oxygen atoms in total. The number of nitrogens with two attached hydrogens (primary N) is 1. The van der Waals surface area contributed by atoms with Crippen LogP contribution in [0.15, 0.2) is 54.7 Å². The highest BCUT2D eigenvalue weighted by atomic mass is 15.1. The molecular formula is C18H17N3. The predicted molar refractivity (Wildman–Crippen MR) is 87.4 cm³/mol. The van der Waals surface area contributed by atoms with Gasteiger partial charge in [0.25, 0.3) is 0 Å². The molecule has 3 aromatic rings. The lowest BCUT2D eigenvalue weighted by Crippen LogP contribution is -2.31. The fraction of sp³-hybridized carbons (Fsp3) is 0.167. The maximum Gasteiger partial charge on any atom is 0.0745 e. The molecule has 104 valence electrons. The lowest BCUT2D eigenvalue weighted by molar-refractivity contribution is 0.735. The lowest BCUT2D eigenvalue weighted by atomic mass is 9.99. The van der Waals surface area contributed by atoms with Crippen molar-refractivity contribution in [2.24, 2.45) is 0 Å². The van der Waals surface area contributed by atoms with Crippen LogP contribution in [-0.4, -0.2) is 11.5 Å². The van der Waals surface area contributed by atoms with Gasteiger partial charge in [-0.1, -0.05) is 42.5 Å². The highest BCUT2D eigenvalue weighted by molar-refractivity contribution is 5.97. The van der Waals surface area contributed by atoms with Crippen molar-refractivity contribution >= 4 is 22.3 Å². The molecule has 1 aliphatic heterocycles. The molecule has 0 spiro atoms. The number of nitrogens with zero attached hydrogens (tertiary/aromatic N) is 2. The summed E-state index contributed by atoms with van der Waals surface area (Å²) in [7, 11) is 0. The van der Waals surface area contributed by atoms with E-state index in [1.54, 1.807) is 6.20 Å². The second kappa shape index (κ2) is 4.77. The van der Waals surface area contributed by atoms with E-state index in [9.17, 15) is 0 Å². The molecular weight excluding hydrogens is 258 g/mol. The topological polar surface area (TPSA) is 42.1 Å². The highest BCUT2D eigenvalue weighted by Crippen LogP contribution is 2.34. The van der Waals surface area contributed by atoms with E-state index >= 15 is 0 Å². The zero-order valence-corrected chi connectivity index (χ0v) is 11.8. The maximum atomic E-state index is 6.23. The molecule has 0 saturated heterocycles. The minimum absolute atomic E-state index is 0.757. The van der Waals surface area contributed by atoms with Crippen molar-refractivity contribution in [3.05, 3.63) is 65.9 Å². The lowest BCUT2D eigenvalue weighted by Gasteiger charge is -2.32. The molecule has 0 fully saturated rings. The third-order valence-electron chi connectivity index (χ3n) is 4.22. The summed E-state index contributed by atoms with van der Waals surface area (Å²) in [5.41, 5.74) is 12.0. The number of pyridine rings is 1. The summed E-state index contributed by atoms with van der Waals surface area (Å²) >= 11 is 0. The van der Waals surface area contributed by atoms with E-state index in [0.29, 0.717) is 0 Å². The van der Waals surface area contributed by atoms with Crippen molar-refractivity contribution < 1.29 is 0 Å². The Hall–Kier alpha value is -2.55. The van der Waals surface area contributed by atoms with Crippen LogP contribution in [0.2, 0.25) is 0 Å². The first kappa shape index (κ1) is 12.2. The van der Waals surface area contributed by atoms with E-state index in [1.807, 2.05) is 18.2 Å². The van der Waals surface area contributed by atoms with Gasteiger partial charge in [0.15, 0.2) is 0 Å². The van der Waals surface area contributed by atoms with Crippen LogP contribution in [0.5, 0.6) is 0 Å². The first-order valence-electron chi connectivity index (χ1n) is 7.28. The first-order valence-corrected chi connectivity index (χ1v) is 7.28. The van der Waals surface area contributed by atoms with E-state index in [1.165, 1.54) is 11.1 Å². The van der Waals surface area contributed by atoms with Gasteiger partial charge in [0.2, 0.25) is 0 Å². The molecule has 2 heterocycles. The molecule has 0 aliphatic carbocycles. The van der Waals surface area contributed by atoms with Gasteiger partial charge in [-0.15, -0.1) is 0 Å². The fourth-order valence-corrected chi connectivity index (χ4v) is 3.18. The number of rotatable bonds is 1. The maximum absolute atomic E-state index is 6.23. The third-order valence-corrected chi connectivity index (χ3v) is 4.22. The van der Waals surface area contributed by atoms with E-state index in [-0.39, 0.29) is 0 Å². The Morgan fingerprint density at radius 2 is 1.71 bits per heavy atom. The quantitative estimate of drug-likeness (QED) is 0.740. The van der Waals surface area contributed by atoms with Gasteiger partial charge in [0.1, 0.15) is 0 Å². The van der Waals surface area contributed by atoms with Gasteiger partial charge in [-0.2, -0.15) is 0 Å². The van der Waals surface area contributed by atoms with E-state index in [2.05, 4.69) is 40.2 Å². The Morgan fingerprint density at radius 3 is 2.62 bits per heavy atom. The summed E-state index contributed by atoms with van der Waals surface area (Å²) < 4.78 is 0. The fourth-order valence-electron chi connectivity index (χ4n) is 3.18. The number of nitrogen functional groups attached to an aromatic ring is 1. The Labute approximate surface area is 124 Å². The Bertz CT molecular complexity index is 810. The molecule has 4 rings (SSSR count). The molecule has 1 aliphatic rings. The van der Waals surface area contributed by atoms with Crippen molar-refractivity contribution in [1.29, 1.82) is 0 Å². The Kier molecular flexibility index (Phi) is 2.78. The van der Waals surface area contributed by atoms with Crippen molar-refractivity contribution in [3.63, 3.8) is 0 Å². The number of anilines is 2. The number of benzene rings is 2. The second-order valence-electron chi connectivity index (χ2n) is 5.52. The van der Waals surface area contributed by atoms with Crippen molar-refractivity contribution in [2.45, 2.75) is 13.0 Å². The normalized spacial score (nSPS) is 14.2. The van der Waals surface area contributed by atoms with Gasteiger partial charge < -0.3 is 10.6 Å². The minimum atomic E-state index is 0.757. The average Bonchev–Trinajstić information content (AvgIpc) is 2.54. The zero-order chi connectivity index (χ0) is 14.2. The number of aromatic nitrogens is 1. The number of hydrogen-bond acceptors (Lipinski definition) is 3. The zero-order valence-electron chi connectivity index (χ0n) is 11.8. The Morgan fingerprint density at radius 1 is 0.952 bits per heavy atom. The van der Waals surface area contributed by atoms with E-state index in [4.69, 9.17) is 5.73 Å². The second-order valence-corrected chi connectivity index (χ2v) is 5.52. The van der Waals surface area contributed by atoms with Crippen molar-refractivity contribution in [2.75, 3.05) is 17.2 Å². The van der Waals surface area contributed by atoms with Gasteiger partial charge in [-0.3, -0.25) is 4.98 Å². The average molecular weight is 275 g/mol. The molecule has 3 heteroatoms. The van der Waals surface area contributed by atoms with Crippen LogP contribution < -0.4 is 10.6 Å². The van der Waals surface area contributed by atoms with Crippen LogP contribution in [0, 0.1) is 0 Å². The van der Waals surface area contributed by atoms with Gasteiger partial charge in [0, 0.05) is 18.5 Å². The third kappa shape index (κ3) is 2.02. The summed E-state index contributed by atoms with van der Waals surface area (Å²) in [5, 5.41) is 1.14. The van der Waals surface area contributed by atoms with Crippen LogP contribution >= 0.6 is 0 Å². The summed E-state index contributed by atoms with van der Waals surface area (Å²) in [6.07, 6.45) is 2.84. The standard InChI is InChI=1S/C18H17N3/c19-16-11-20-17-8-4-3-7-15(17)18(16)21-10-9-13-5-1-2-6-14(13)12-21/h1-8,11H,9-10,12,19H2. The van der Waals surface area contributed by atoms with E-state index < -0.39 is 0 Å². The van der Waals surface area contributed by atoms with Gasteiger partial charge in [-0.25, -0.2) is 0 Å². The summed E-state index contributed by atoms with van der Waals surface area (Å²) in [5.74, 6) is 0. The van der Waals surface area contributed by atoms with Crippen LogP contribution in [-0.2, 0) is 13.0 Å². The summed E-state index contributed by atoms with van der Waals surface area (Å²) in [6, 6.07) is 16.9. The van der Waals surface area contributed by atoms with Crippen molar-refractivity contribution in [1.82, 2.24) is 4.98 Å². The van der Waals surface area contributed by atoms with E-state index in [0.717, 1.165) is 41.8 Å². The highest BCUT2D eigenvalue weighted by Gasteiger charge is 2.19. The van der Waals surface area contributed by atoms with Crippen LogP contribution in [0.3, 0.4) is 0 Å². The number of hydrogen-bond donors (Lipinski definition) is 1. The van der Waals surface area contributed by atoms with Crippen LogP contribution in [0.25, 0.3) is 10.9 Å². The van der Waals surface area contributed by atoms with Gasteiger partial charge in [-0.05, 0) is 23.6 Å². The van der Waals surface area contributed by atoms with Gasteiger partial charge in [0.05, 0.1) is 23.1 Å². The molecule has 0 amide bonds. The van der Waals surface area contributed by atoms with Gasteiger partial charge >= 0.3 is 0 Å². The van der Waals surface area contributed by atoms with Crippen LogP contribution in [0.4, 0.5) is 11.4 Å². The number of fused-ring (bicyclic) bond motifs is 2. The van der Waals surface area contributed by atoms with Crippen LogP contribution in [0.1, 0.15) is 11.1 Å². The number of para-hydroxylation sites is 1. The SMILES string of the molecule is Nc1cnc2ccccc2c1N1CCc2ccccc2C1. The molecule has 21 heavy (non-hydrogen) atoms. The molecule has 0 unspecified atom stereocenters. The summed E-state index contributed by atoms with van der Waals surface area (Å²) in [4.78, 5) is 6.81. The predicted octanol–water partition coefficient (Wildman–Crippen LogP) is 3.38. The largest absolute Gasteiger partial charge is 0.396 e. The molecule has 1 aromatic heterocycles. The molecule has 0 radical (unpaired) electrons. The molecule has 2 N–H and O–H groups in total. The van der Waals surface area contributed by atoms with Crippen molar-refractivity contribution in [3.8, 4) is 0 Å². The molecule has 0 bridgehead atoms. The first-order chi connectivity index (χ1) is 10.3. The minimum Gasteiger partial charge on any atom is -0.396 e. The smallest absolute Gasteiger partial charge is 0.0745 e. The Balaban J connectivity index is 1.83. The summed E-state index contributed by atoms with van der Waals surface area (Å²) in [6.45, 7) is 1.91. The monoisotopic (exact) mass is 275 g/mol. The molecule has 2 aromatic carbocycles.